The highest BCUT2D eigenvalue weighted by Crippen LogP contribution is 2.21. The minimum atomic E-state index is -0.418. The summed E-state index contributed by atoms with van der Waals surface area (Å²) in [5, 5.41) is 9.43. The lowest BCUT2D eigenvalue weighted by atomic mass is 10.1. The number of benzene rings is 1. The first-order chi connectivity index (χ1) is 11.9. The number of H-pyrrole nitrogens is 1. The van der Waals surface area contributed by atoms with Gasteiger partial charge in [-0.3, -0.25) is 9.36 Å². The van der Waals surface area contributed by atoms with E-state index < -0.39 is 5.25 Å². The number of aromatic nitrogens is 3. The number of unbranched alkanes of at least 4 members (excludes halogenated alkanes) is 1. The predicted molar refractivity (Wildman–Crippen MR) is 96.0 cm³/mol. The number of halogens is 1. The summed E-state index contributed by atoms with van der Waals surface area (Å²) in [7, 11) is 0. The zero-order valence-electron chi connectivity index (χ0n) is 14.6. The molecule has 0 aliphatic heterocycles. The number of rotatable bonds is 8. The summed E-state index contributed by atoms with van der Waals surface area (Å²) < 4.78 is 14.5. The van der Waals surface area contributed by atoms with Crippen LogP contribution in [-0.2, 0) is 11.3 Å². The highest BCUT2D eigenvalue weighted by Gasteiger charge is 2.20. The molecule has 0 aliphatic rings. The number of hydrogen-bond donors (Lipinski definition) is 2. The number of carbonyl (C=O) groups excluding carboxylic acids is 1. The van der Waals surface area contributed by atoms with Crippen molar-refractivity contribution in [2.75, 3.05) is 0 Å². The average molecular weight is 366 g/mol. The normalized spacial score (nSPS) is 13.4. The third kappa shape index (κ3) is 5.19. The summed E-state index contributed by atoms with van der Waals surface area (Å²) in [6.45, 7) is 6.23. The van der Waals surface area contributed by atoms with Crippen molar-refractivity contribution in [1.82, 2.24) is 20.1 Å². The van der Waals surface area contributed by atoms with Crippen molar-refractivity contribution in [2.24, 2.45) is 0 Å². The zero-order chi connectivity index (χ0) is 18.4. The summed E-state index contributed by atoms with van der Waals surface area (Å²) in [4.78, 5) is 24.2. The quantitative estimate of drug-likeness (QED) is 0.704. The molecule has 1 amide bonds. The molecular weight excluding hydrogens is 343 g/mol. The molecule has 2 aromatic rings. The second-order valence-corrected chi connectivity index (χ2v) is 7.17. The van der Waals surface area contributed by atoms with Gasteiger partial charge in [0, 0.05) is 6.54 Å². The second kappa shape index (κ2) is 8.84. The lowest BCUT2D eigenvalue weighted by Gasteiger charge is -2.17. The van der Waals surface area contributed by atoms with E-state index in [0.29, 0.717) is 11.7 Å². The summed E-state index contributed by atoms with van der Waals surface area (Å²) in [6, 6.07) is 5.79. The predicted octanol–water partition coefficient (Wildman–Crippen LogP) is 2.87. The van der Waals surface area contributed by atoms with Crippen LogP contribution in [-0.4, -0.2) is 25.9 Å². The van der Waals surface area contributed by atoms with Crippen LogP contribution in [0.25, 0.3) is 0 Å². The van der Waals surface area contributed by atoms with Crippen molar-refractivity contribution < 1.29 is 9.18 Å². The van der Waals surface area contributed by atoms with Crippen LogP contribution in [0.15, 0.2) is 34.2 Å². The second-order valence-electron chi connectivity index (χ2n) is 5.86. The van der Waals surface area contributed by atoms with Crippen LogP contribution in [0.3, 0.4) is 0 Å². The number of carbonyl (C=O) groups is 1. The van der Waals surface area contributed by atoms with Crippen molar-refractivity contribution in [1.29, 1.82) is 0 Å². The van der Waals surface area contributed by atoms with Gasteiger partial charge < -0.3 is 5.32 Å². The van der Waals surface area contributed by atoms with Crippen molar-refractivity contribution in [3.8, 4) is 0 Å². The van der Waals surface area contributed by atoms with Gasteiger partial charge in [0.05, 0.1) is 11.3 Å². The molecule has 25 heavy (non-hydrogen) atoms. The van der Waals surface area contributed by atoms with Gasteiger partial charge in [0.25, 0.3) is 0 Å². The Bertz CT molecular complexity index is 757. The topological polar surface area (TPSA) is 79.8 Å². The van der Waals surface area contributed by atoms with E-state index in [1.165, 1.54) is 23.9 Å². The molecule has 0 spiro atoms. The van der Waals surface area contributed by atoms with E-state index in [0.717, 1.165) is 18.4 Å². The number of amides is 1. The van der Waals surface area contributed by atoms with Crippen molar-refractivity contribution in [3.63, 3.8) is 0 Å². The lowest BCUT2D eigenvalue weighted by Crippen LogP contribution is -2.33. The Morgan fingerprint density at radius 2 is 2.04 bits per heavy atom. The van der Waals surface area contributed by atoms with E-state index >= 15 is 0 Å². The van der Waals surface area contributed by atoms with Crippen LogP contribution in [0.1, 0.15) is 45.2 Å². The molecule has 136 valence electrons. The van der Waals surface area contributed by atoms with Crippen LogP contribution >= 0.6 is 11.8 Å². The van der Waals surface area contributed by atoms with E-state index in [1.54, 1.807) is 23.6 Å². The van der Waals surface area contributed by atoms with Crippen LogP contribution in [0.4, 0.5) is 4.39 Å². The highest BCUT2D eigenvalue weighted by atomic mass is 32.2. The number of nitrogens with one attached hydrogen (secondary N) is 2. The monoisotopic (exact) mass is 366 g/mol. The van der Waals surface area contributed by atoms with Gasteiger partial charge in [-0.05, 0) is 38.0 Å². The summed E-state index contributed by atoms with van der Waals surface area (Å²) >= 11 is 1.24. The van der Waals surface area contributed by atoms with Crippen LogP contribution < -0.4 is 11.0 Å². The van der Waals surface area contributed by atoms with Gasteiger partial charge in [-0.2, -0.15) is 0 Å². The summed E-state index contributed by atoms with van der Waals surface area (Å²) in [5.74, 6) is -0.478. The maximum absolute atomic E-state index is 13.0. The molecule has 0 radical (unpaired) electrons. The first kappa shape index (κ1) is 19.2. The largest absolute Gasteiger partial charge is 0.349 e. The minimum absolute atomic E-state index is 0.167. The molecule has 2 rings (SSSR count). The molecule has 1 aromatic carbocycles. The molecule has 8 heteroatoms. The van der Waals surface area contributed by atoms with Crippen molar-refractivity contribution >= 4 is 17.7 Å². The first-order valence-electron chi connectivity index (χ1n) is 8.30. The Balaban J connectivity index is 1.98. The van der Waals surface area contributed by atoms with E-state index in [9.17, 15) is 14.0 Å². The maximum Gasteiger partial charge on any atom is 0.343 e. The molecule has 0 saturated carbocycles. The Labute approximate surface area is 150 Å². The SMILES string of the molecule is CCCCn1c(S[C@H](C)C(=O)N[C@H](C)c2ccc(F)cc2)n[nH]c1=O. The Kier molecular flexibility index (Phi) is 6.81. The molecule has 1 heterocycles. The average Bonchev–Trinajstić information content (AvgIpc) is 2.93. The number of nitrogens with zero attached hydrogens (tertiary/aromatic N) is 2. The third-order valence-electron chi connectivity index (χ3n) is 3.84. The molecule has 0 unspecified atom stereocenters. The van der Waals surface area contributed by atoms with Crippen LogP contribution in [0.2, 0.25) is 0 Å². The highest BCUT2D eigenvalue weighted by molar-refractivity contribution is 8.00. The van der Waals surface area contributed by atoms with E-state index in [4.69, 9.17) is 0 Å². The van der Waals surface area contributed by atoms with E-state index in [2.05, 4.69) is 15.5 Å². The number of aromatic amines is 1. The van der Waals surface area contributed by atoms with E-state index in [1.807, 2.05) is 13.8 Å². The van der Waals surface area contributed by atoms with Gasteiger partial charge in [-0.25, -0.2) is 14.3 Å². The molecular formula is C17H23FN4O2S. The molecule has 6 nitrogen and oxygen atoms in total. The standard InChI is InChI=1S/C17H23FN4O2S/c1-4-5-10-22-16(24)20-21-17(22)25-12(3)15(23)19-11(2)13-6-8-14(18)9-7-13/h6-9,11-12H,4-5,10H2,1-3H3,(H,19,23)(H,20,24)/t11-,12-/m1/s1. The summed E-state index contributed by atoms with van der Waals surface area (Å²) in [5.41, 5.74) is 0.565. The van der Waals surface area contributed by atoms with Crippen LogP contribution in [0.5, 0.6) is 0 Å². The minimum Gasteiger partial charge on any atom is -0.349 e. The maximum atomic E-state index is 13.0. The number of thioether (sulfide) groups is 1. The molecule has 0 bridgehead atoms. The van der Waals surface area contributed by atoms with Gasteiger partial charge in [0.15, 0.2) is 5.16 Å². The molecule has 0 aliphatic carbocycles. The molecule has 2 N–H and O–H groups in total. The molecule has 0 saturated heterocycles. The van der Waals surface area contributed by atoms with Crippen molar-refractivity contribution in [2.45, 2.75) is 56.6 Å². The van der Waals surface area contributed by atoms with Crippen LogP contribution in [0, 0.1) is 5.82 Å². The number of hydrogen-bond acceptors (Lipinski definition) is 4. The van der Waals surface area contributed by atoms with Gasteiger partial charge in [0.1, 0.15) is 5.82 Å². The van der Waals surface area contributed by atoms with Gasteiger partial charge in [0.2, 0.25) is 5.91 Å². The van der Waals surface area contributed by atoms with Gasteiger partial charge in [-0.1, -0.05) is 37.2 Å². The molecule has 0 fully saturated rings. The Morgan fingerprint density at radius 3 is 2.68 bits per heavy atom. The molecule has 1 aromatic heterocycles. The molecule has 2 atom stereocenters. The first-order valence-corrected chi connectivity index (χ1v) is 9.18. The van der Waals surface area contributed by atoms with Gasteiger partial charge in [-0.15, -0.1) is 5.10 Å². The fourth-order valence-electron chi connectivity index (χ4n) is 2.28. The fraction of sp³-hybridized carbons (Fsp3) is 0.471. The Hall–Kier alpha value is -2.09. The fourth-order valence-corrected chi connectivity index (χ4v) is 3.17. The lowest BCUT2D eigenvalue weighted by molar-refractivity contribution is -0.120. The van der Waals surface area contributed by atoms with Gasteiger partial charge >= 0.3 is 5.69 Å². The zero-order valence-corrected chi connectivity index (χ0v) is 15.4. The van der Waals surface area contributed by atoms with Crippen molar-refractivity contribution in [3.05, 3.63) is 46.1 Å². The smallest absolute Gasteiger partial charge is 0.343 e. The van der Waals surface area contributed by atoms with E-state index in [-0.39, 0.29) is 23.5 Å². The third-order valence-corrected chi connectivity index (χ3v) is 4.93. The summed E-state index contributed by atoms with van der Waals surface area (Å²) in [6.07, 6.45) is 1.84. The Morgan fingerprint density at radius 1 is 1.36 bits per heavy atom.